The minimum atomic E-state index is -0.878. The van der Waals surface area contributed by atoms with Crippen molar-refractivity contribution >= 4 is 28.3 Å². The fourth-order valence-electron chi connectivity index (χ4n) is 3.63. The number of carbonyl (C=O) groups is 2. The third kappa shape index (κ3) is 3.80. The molecule has 2 N–H and O–H groups in total. The van der Waals surface area contributed by atoms with Crippen LogP contribution in [0.15, 0.2) is 18.2 Å². The highest BCUT2D eigenvalue weighted by Gasteiger charge is 2.36. The first-order valence-electron chi connectivity index (χ1n) is 8.95. The fourth-order valence-corrected chi connectivity index (χ4v) is 4.46. The Morgan fingerprint density at radius 1 is 1.15 bits per heavy atom. The Kier molecular flexibility index (Phi) is 5.41. The highest BCUT2D eigenvalue weighted by molar-refractivity contribution is 7.16. The van der Waals surface area contributed by atoms with Crippen LogP contribution in [0.4, 0.5) is 5.13 Å². The number of rotatable bonds is 4. The molecule has 1 aliphatic carbocycles. The summed E-state index contributed by atoms with van der Waals surface area (Å²) in [7, 11) is 0. The number of thiazole rings is 1. The highest BCUT2D eigenvalue weighted by atomic mass is 32.1. The molecule has 5 nitrogen and oxygen atoms in total. The molecule has 0 saturated heterocycles. The van der Waals surface area contributed by atoms with Crippen LogP contribution in [0.2, 0.25) is 0 Å². The molecule has 1 aromatic heterocycles. The summed E-state index contributed by atoms with van der Waals surface area (Å²) in [6.45, 7) is 6.08. The van der Waals surface area contributed by atoms with Gasteiger partial charge in [0.15, 0.2) is 5.13 Å². The monoisotopic (exact) mass is 372 g/mol. The quantitative estimate of drug-likeness (QED) is 0.824. The van der Waals surface area contributed by atoms with Crippen molar-refractivity contribution in [3.05, 3.63) is 34.2 Å². The van der Waals surface area contributed by atoms with Crippen LogP contribution in [-0.2, 0) is 9.59 Å². The van der Waals surface area contributed by atoms with Gasteiger partial charge in [0.05, 0.1) is 17.5 Å². The van der Waals surface area contributed by atoms with E-state index in [0.29, 0.717) is 18.0 Å². The van der Waals surface area contributed by atoms with Gasteiger partial charge < -0.3 is 10.4 Å². The Balaban J connectivity index is 1.82. The van der Waals surface area contributed by atoms with Gasteiger partial charge in [0.1, 0.15) is 0 Å². The lowest BCUT2D eigenvalue weighted by Gasteiger charge is -2.26. The Bertz CT molecular complexity index is 844. The summed E-state index contributed by atoms with van der Waals surface area (Å²) in [4.78, 5) is 29.8. The Labute approximate surface area is 157 Å². The fraction of sp³-hybridized carbons (Fsp3) is 0.450. The number of carboxylic acids is 1. The van der Waals surface area contributed by atoms with Crippen molar-refractivity contribution in [3.63, 3.8) is 0 Å². The van der Waals surface area contributed by atoms with Gasteiger partial charge in [-0.05, 0) is 45.2 Å². The van der Waals surface area contributed by atoms with E-state index in [2.05, 4.69) is 28.5 Å². The molecular weight excluding hydrogens is 348 g/mol. The summed E-state index contributed by atoms with van der Waals surface area (Å²) in [5.74, 6) is -2.17. The molecule has 1 amide bonds. The van der Waals surface area contributed by atoms with Gasteiger partial charge in [-0.2, -0.15) is 0 Å². The lowest BCUT2D eigenvalue weighted by Crippen LogP contribution is -2.36. The number of anilines is 1. The zero-order valence-electron chi connectivity index (χ0n) is 15.3. The van der Waals surface area contributed by atoms with E-state index in [9.17, 15) is 14.7 Å². The van der Waals surface area contributed by atoms with E-state index in [4.69, 9.17) is 0 Å². The number of nitrogens with zero attached hydrogens (tertiary/aromatic N) is 1. The maximum absolute atomic E-state index is 12.7. The van der Waals surface area contributed by atoms with Crippen LogP contribution < -0.4 is 5.32 Å². The number of carbonyl (C=O) groups excluding carboxylic acids is 1. The molecule has 0 bridgehead atoms. The summed E-state index contributed by atoms with van der Waals surface area (Å²) in [5, 5.41) is 12.8. The molecule has 3 rings (SSSR count). The molecule has 0 radical (unpaired) electrons. The van der Waals surface area contributed by atoms with E-state index in [0.717, 1.165) is 40.1 Å². The van der Waals surface area contributed by atoms with E-state index in [-0.39, 0.29) is 5.91 Å². The summed E-state index contributed by atoms with van der Waals surface area (Å²) in [6, 6.07) is 6.24. The molecule has 2 atom stereocenters. The van der Waals surface area contributed by atoms with Gasteiger partial charge >= 0.3 is 5.97 Å². The van der Waals surface area contributed by atoms with Crippen molar-refractivity contribution in [1.29, 1.82) is 0 Å². The summed E-state index contributed by atoms with van der Waals surface area (Å²) in [6.07, 6.45) is 2.95. The number of hydrogen-bond acceptors (Lipinski definition) is 4. The first-order valence-corrected chi connectivity index (χ1v) is 9.77. The summed E-state index contributed by atoms with van der Waals surface area (Å²) < 4.78 is 0. The van der Waals surface area contributed by atoms with Gasteiger partial charge in [-0.25, -0.2) is 4.98 Å². The predicted molar refractivity (Wildman–Crippen MR) is 103 cm³/mol. The Hall–Kier alpha value is -2.21. The SMILES string of the molecule is Cc1ccc(C)c(-c2nc(NC(=O)C3CCCCC3C(=O)O)sc2C)c1. The van der Waals surface area contributed by atoms with Crippen LogP contribution >= 0.6 is 11.3 Å². The number of hydrogen-bond donors (Lipinski definition) is 2. The predicted octanol–water partition coefficient (Wildman–Crippen LogP) is 4.56. The minimum absolute atomic E-state index is 0.224. The van der Waals surface area contributed by atoms with Crippen LogP contribution in [-0.4, -0.2) is 22.0 Å². The van der Waals surface area contributed by atoms with E-state index in [1.807, 2.05) is 20.8 Å². The Morgan fingerprint density at radius 3 is 2.54 bits per heavy atom. The molecule has 0 aliphatic heterocycles. The molecule has 1 fully saturated rings. The van der Waals surface area contributed by atoms with E-state index >= 15 is 0 Å². The molecule has 1 aromatic carbocycles. The number of amides is 1. The van der Waals surface area contributed by atoms with Crippen molar-refractivity contribution < 1.29 is 14.7 Å². The normalized spacial score (nSPS) is 20.0. The summed E-state index contributed by atoms with van der Waals surface area (Å²) in [5.41, 5.74) is 4.25. The molecule has 1 aliphatic rings. The zero-order valence-corrected chi connectivity index (χ0v) is 16.2. The van der Waals surface area contributed by atoms with Gasteiger partial charge in [-0.3, -0.25) is 9.59 Å². The number of aryl methyl sites for hydroxylation is 3. The first-order chi connectivity index (χ1) is 12.4. The second-order valence-corrected chi connectivity index (χ2v) is 8.27. The molecular formula is C20H24N2O3S. The van der Waals surface area contributed by atoms with Crippen LogP contribution in [0.5, 0.6) is 0 Å². The number of benzene rings is 1. The minimum Gasteiger partial charge on any atom is -0.481 e. The van der Waals surface area contributed by atoms with Crippen LogP contribution in [0, 0.1) is 32.6 Å². The molecule has 26 heavy (non-hydrogen) atoms. The topological polar surface area (TPSA) is 79.3 Å². The van der Waals surface area contributed by atoms with Crippen LogP contribution in [0.25, 0.3) is 11.3 Å². The second kappa shape index (κ2) is 7.58. The van der Waals surface area contributed by atoms with Crippen LogP contribution in [0.1, 0.15) is 41.7 Å². The van der Waals surface area contributed by atoms with Crippen molar-refractivity contribution in [3.8, 4) is 11.3 Å². The Morgan fingerprint density at radius 2 is 1.85 bits per heavy atom. The van der Waals surface area contributed by atoms with Gasteiger partial charge in [0.25, 0.3) is 0 Å². The number of aromatic nitrogens is 1. The maximum atomic E-state index is 12.7. The molecule has 1 saturated carbocycles. The number of carboxylic acid groups (broad SMARTS) is 1. The average Bonchev–Trinajstić information content (AvgIpc) is 2.97. The van der Waals surface area contributed by atoms with Crippen LogP contribution in [0.3, 0.4) is 0 Å². The zero-order chi connectivity index (χ0) is 18.8. The van der Waals surface area contributed by atoms with Gasteiger partial charge in [0, 0.05) is 10.4 Å². The lowest BCUT2D eigenvalue weighted by atomic mass is 9.79. The molecule has 1 heterocycles. The third-order valence-electron chi connectivity index (χ3n) is 5.09. The highest BCUT2D eigenvalue weighted by Crippen LogP contribution is 2.35. The third-order valence-corrected chi connectivity index (χ3v) is 5.98. The molecule has 0 spiro atoms. The summed E-state index contributed by atoms with van der Waals surface area (Å²) >= 11 is 1.44. The lowest BCUT2D eigenvalue weighted by molar-refractivity contribution is -0.147. The van der Waals surface area contributed by atoms with Crippen molar-refractivity contribution in [2.24, 2.45) is 11.8 Å². The van der Waals surface area contributed by atoms with Crippen molar-refractivity contribution in [2.45, 2.75) is 46.5 Å². The van der Waals surface area contributed by atoms with E-state index in [1.54, 1.807) is 0 Å². The molecule has 2 unspecified atom stereocenters. The molecule has 138 valence electrons. The molecule has 6 heteroatoms. The second-order valence-electron chi connectivity index (χ2n) is 7.07. The average molecular weight is 372 g/mol. The van der Waals surface area contributed by atoms with Gasteiger partial charge in [0.2, 0.25) is 5.91 Å². The van der Waals surface area contributed by atoms with Crippen molar-refractivity contribution in [1.82, 2.24) is 4.98 Å². The van der Waals surface area contributed by atoms with Gasteiger partial charge in [-0.1, -0.05) is 30.5 Å². The standard InChI is InChI=1S/C20H24N2O3S/c1-11-8-9-12(2)16(10-11)17-13(3)26-20(21-17)22-18(23)14-6-4-5-7-15(14)19(24)25/h8-10,14-15H,4-7H2,1-3H3,(H,24,25)(H,21,22,23). The van der Waals surface area contributed by atoms with Crippen molar-refractivity contribution in [2.75, 3.05) is 5.32 Å². The number of aliphatic carboxylic acids is 1. The largest absolute Gasteiger partial charge is 0.481 e. The molecule has 2 aromatic rings. The van der Waals surface area contributed by atoms with E-state index < -0.39 is 17.8 Å². The maximum Gasteiger partial charge on any atom is 0.307 e. The van der Waals surface area contributed by atoms with E-state index in [1.165, 1.54) is 11.3 Å². The van der Waals surface area contributed by atoms with Gasteiger partial charge in [-0.15, -0.1) is 11.3 Å². The first kappa shape index (κ1) is 18.6. The smallest absolute Gasteiger partial charge is 0.307 e. The number of nitrogens with one attached hydrogen (secondary N) is 1.